The maximum Gasteiger partial charge on any atom is 0.336 e. The highest BCUT2D eigenvalue weighted by Gasteiger charge is 2.43. The number of rotatable bonds is 9. The zero-order valence-corrected chi connectivity index (χ0v) is 22.6. The van der Waals surface area contributed by atoms with E-state index in [4.69, 9.17) is 14.2 Å². The second kappa shape index (κ2) is 12.6. The molecule has 0 spiro atoms. The summed E-state index contributed by atoms with van der Waals surface area (Å²) in [4.78, 5) is 45.5. The fourth-order valence-electron chi connectivity index (χ4n) is 4.12. The van der Waals surface area contributed by atoms with Crippen LogP contribution in [0.25, 0.3) is 6.08 Å². The number of carbonyl (C=O) groups excluding carboxylic acids is 3. The Morgan fingerprint density at radius 1 is 1.06 bits per heavy atom. The molecule has 2 rings (SSSR count). The molecule has 1 aliphatic rings. The Hall–Kier alpha value is -3.26. The molecule has 1 aromatic rings. The molecule has 8 heteroatoms. The zero-order chi connectivity index (χ0) is 27.0. The van der Waals surface area contributed by atoms with Gasteiger partial charge in [0.1, 0.15) is 11.5 Å². The average molecular weight is 499 g/mol. The Labute approximate surface area is 214 Å². The Kier molecular flexibility index (Phi) is 10.2. The van der Waals surface area contributed by atoms with E-state index in [1.165, 1.54) is 6.08 Å². The molecule has 0 N–H and O–H groups in total. The van der Waals surface area contributed by atoms with Gasteiger partial charge in [0.2, 0.25) is 0 Å². The quantitative estimate of drug-likeness (QED) is 0.287. The van der Waals surface area contributed by atoms with Crippen LogP contribution >= 0.6 is 0 Å². The van der Waals surface area contributed by atoms with Gasteiger partial charge in [-0.05, 0) is 72.8 Å². The number of aliphatic imine (C=N–C) groups is 1. The van der Waals surface area contributed by atoms with E-state index in [2.05, 4.69) is 4.99 Å². The van der Waals surface area contributed by atoms with Crippen molar-refractivity contribution >= 4 is 29.7 Å². The Morgan fingerprint density at radius 3 is 2.28 bits per heavy atom. The molecule has 0 saturated heterocycles. The lowest BCUT2D eigenvalue weighted by molar-refractivity contribution is -0.149. The first-order valence-electron chi connectivity index (χ1n) is 12.2. The molecule has 196 valence electrons. The lowest BCUT2D eigenvalue weighted by Crippen LogP contribution is -2.38. The van der Waals surface area contributed by atoms with Crippen molar-refractivity contribution in [3.8, 4) is 0 Å². The third-order valence-corrected chi connectivity index (χ3v) is 5.36. The first-order chi connectivity index (χ1) is 16.9. The summed E-state index contributed by atoms with van der Waals surface area (Å²) < 4.78 is 16.2. The molecule has 8 nitrogen and oxygen atoms in total. The van der Waals surface area contributed by atoms with E-state index in [0.29, 0.717) is 34.7 Å². The van der Waals surface area contributed by atoms with E-state index in [-0.39, 0.29) is 13.2 Å². The van der Waals surface area contributed by atoms with Crippen LogP contribution in [0.2, 0.25) is 0 Å². The third kappa shape index (κ3) is 7.62. The first kappa shape index (κ1) is 29.0. The van der Waals surface area contributed by atoms with E-state index < -0.39 is 35.3 Å². The summed E-state index contributed by atoms with van der Waals surface area (Å²) in [5, 5.41) is 0. The van der Waals surface area contributed by atoms with Gasteiger partial charge >= 0.3 is 17.9 Å². The van der Waals surface area contributed by atoms with Crippen LogP contribution in [0.1, 0.15) is 58.6 Å². The van der Waals surface area contributed by atoms with Gasteiger partial charge in [-0.15, -0.1) is 0 Å². The van der Waals surface area contributed by atoms with Gasteiger partial charge in [0.25, 0.3) is 0 Å². The van der Waals surface area contributed by atoms with Crippen LogP contribution in [0.5, 0.6) is 0 Å². The second-order valence-electron chi connectivity index (χ2n) is 9.77. The van der Waals surface area contributed by atoms with Gasteiger partial charge in [-0.1, -0.05) is 24.3 Å². The largest absolute Gasteiger partial charge is 0.465 e. The maximum atomic E-state index is 13.3. The van der Waals surface area contributed by atoms with Crippen molar-refractivity contribution in [3.63, 3.8) is 0 Å². The molecule has 0 aliphatic carbocycles. The SMILES string of the molecule is CCOC(=O)C1=C(CN(C)C)N=C(C)C(C(=O)OCC)C1c1ccccc1C=CC(=O)OC(C)(C)C. The smallest absolute Gasteiger partial charge is 0.336 e. The van der Waals surface area contributed by atoms with Crippen LogP contribution < -0.4 is 0 Å². The highest BCUT2D eigenvalue weighted by Crippen LogP contribution is 2.42. The minimum atomic E-state index is -0.827. The van der Waals surface area contributed by atoms with Crippen LogP contribution in [0.4, 0.5) is 0 Å². The van der Waals surface area contributed by atoms with Crippen molar-refractivity contribution in [1.29, 1.82) is 0 Å². The van der Waals surface area contributed by atoms with Gasteiger partial charge in [0, 0.05) is 24.3 Å². The highest BCUT2D eigenvalue weighted by molar-refractivity contribution is 6.07. The van der Waals surface area contributed by atoms with Crippen molar-refractivity contribution in [2.24, 2.45) is 10.9 Å². The molecule has 0 fully saturated rings. The lowest BCUT2D eigenvalue weighted by Gasteiger charge is -2.33. The number of hydrogen-bond donors (Lipinski definition) is 0. The molecule has 1 aromatic carbocycles. The predicted molar refractivity (Wildman–Crippen MR) is 140 cm³/mol. The molecule has 0 aromatic heterocycles. The number of likely N-dealkylation sites (N-methyl/N-ethyl adjacent to an activating group) is 1. The van der Waals surface area contributed by atoms with Crippen molar-refractivity contribution in [2.45, 2.75) is 53.1 Å². The standard InChI is InChI=1S/C28H38N2O6/c1-9-34-26(32)23-18(3)29-21(17-30(7)8)25(27(33)35-10-2)24(23)20-14-12-11-13-19(20)15-16-22(31)36-28(4,5)6/h11-16,23-24H,9-10,17H2,1-8H3. The van der Waals surface area contributed by atoms with E-state index in [9.17, 15) is 14.4 Å². The minimum absolute atomic E-state index is 0.178. The molecule has 1 heterocycles. The predicted octanol–water partition coefficient (Wildman–Crippen LogP) is 4.16. The maximum absolute atomic E-state index is 13.3. The van der Waals surface area contributed by atoms with E-state index in [1.54, 1.807) is 47.6 Å². The molecule has 0 amide bonds. The number of hydrogen-bond acceptors (Lipinski definition) is 8. The summed E-state index contributed by atoms with van der Waals surface area (Å²) in [6.45, 7) is 11.4. The first-order valence-corrected chi connectivity index (χ1v) is 12.2. The summed E-state index contributed by atoms with van der Waals surface area (Å²) in [7, 11) is 3.76. The molecule has 2 atom stereocenters. The van der Waals surface area contributed by atoms with Gasteiger partial charge in [0.15, 0.2) is 0 Å². The highest BCUT2D eigenvalue weighted by atomic mass is 16.6. The third-order valence-electron chi connectivity index (χ3n) is 5.36. The molecule has 36 heavy (non-hydrogen) atoms. The number of ether oxygens (including phenoxy) is 3. The fraction of sp³-hybridized carbons (Fsp3) is 0.500. The summed E-state index contributed by atoms with van der Waals surface area (Å²) in [6.07, 6.45) is 2.99. The Morgan fingerprint density at radius 2 is 1.69 bits per heavy atom. The van der Waals surface area contributed by atoms with Gasteiger partial charge in [-0.3, -0.25) is 9.79 Å². The minimum Gasteiger partial charge on any atom is -0.465 e. The van der Waals surface area contributed by atoms with Gasteiger partial charge in [-0.25, -0.2) is 9.59 Å². The molecule has 0 radical (unpaired) electrons. The number of esters is 3. The van der Waals surface area contributed by atoms with Crippen LogP contribution in [-0.2, 0) is 28.6 Å². The molecule has 2 unspecified atom stereocenters. The van der Waals surface area contributed by atoms with E-state index >= 15 is 0 Å². The number of benzene rings is 1. The van der Waals surface area contributed by atoms with Crippen LogP contribution in [-0.4, -0.2) is 68.0 Å². The van der Waals surface area contributed by atoms with Crippen molar-refractivity contribution in [1.82, 2.24) is 4.90 Å². The summed E-state index contributed by atoms with van der Waals surface area (Å²) in [6, 6.07) is 7.33. The summed E-state index contributed by atoms with van der Waals surface area (Å²) in [5.41, 5.74) is 2.12. The molecule has 0 saturated carbocycles. The monoisotopic (exact) mass is 498 g/mol. The van der Waals surface area contributed by atoms with Crippen molar-refractivity contribution in [2.75, 3.05) is 33.9 Å². The van der Waals surface area contributed by atoms with E-state index in [1.807, 2.05) is 43.3 Å². The fourth-order valence-corrected chi connectivity index (χ4v) is 4.12. The topological polar surface area (TPSA) is 94.5 Å². The number of carbonyl (C=O) groups is 3. The zero-order valence-electron chi connectivity index (χ0n) is 22.6. The van der Waals surface area contributed by atoms with Crippen LogP contribution in [0.15, 0.2) is 46.6 Å². The molecule has 0 bridgehead atoms. The van der Waals surface area contributed by atoms with Gasteiger partial charge in [-0.2, -0.15) is 0 Å². The normalized spacial score (nSPS) is 18.3. The van der Waals surface area contributed by atoms with Crippen molar-refractivity contribution < 1.29 is 28.6 Å². The number of nitrogens with zero attached hydrogens (tertiary/aromatic N) is 2. The summed E-state index contributed by atoms with van der Waals surface area (Å²) >= 11 is 0. The second-order valence-corrected chi connectivity index (χ2v) is 9.77. The van der Waals surface area contributed by atoms with Crippen LogP contribution in [0.3, 0.4) is 0 Å². The Balaban J connectivity index is 2.74. The van der Waals surface area contributed by atoms with Crippen molar-refractivity contribution in [3.05, 3.63) is 52.7 Å². The molecule has 1 aliphatic heterocycles. The lowest BCUT2D eigenvalue weighted by atomic mass is 9.74. The van der Waals surface area contributed by atoms with Gasteiger partial charge in [0.05, 0.1) is 24.5 Å². The average Bonchev–Trinajstić information content (AvgIpc) is 2.76. The Bertz CT molecular complexity index is 1060. The summed E-state index contributed by atoms with van der Waals surface area (Å²) in [5.74, 6) is -3.03. The van der Waals surface area contributed by atoms with Gasteiger partial charge < -0.3 is 19.1 Å². The molecular weight excluding hydrogens is 460 g/mol. The van der Waals surface area contributed by atoms with E-state index in [0.717, 1.165) is 0 Å². The molecular formula is C28H38N2O6. The van der Waals surface area contributed by atoms with Crippen LogP contribution in [0, 0.1) is 5.92 Å².